The normalized spacial score (nSPS) is 11.3. The van der Waals surface area contributed by atoms with Gasteiger partial charge in [0.15, 0.2) is 5.82 Å². The van der Waals surface area contributed by atoms with Crippen molar-refractivity contribution in [1.82, 2.24) is 10.2 Å². The van der Waals surface area contributed by atoms with Gasteiger partial charge in [-0.15, -0.1) is 10.2 Å². The van der Waals surface area contributed by atoms with Gasteiger partial charge < -0.3 is 5.73 Å². The molecule has 0 bridgehead atoms. The molecule has 1 aromatic carbocycles. The summed E-state index contributed by atoms with van der Waals surface area (Å²) in [5, 5.41) is 18.1. The van der Waals surface area contributed by atoms with Crippen molar-refractivity contribution in [3.05, 3.63) is 33.1 Å². The van der Waals surface area contributed by atoms with Crippen molar-refractivity contribution >= 4 is 37.9 Å². The van der Waals surface area contributed by atoms with Crippen LogP contribution in [0, 0.1) is 22.9 Å². The third-order valence-electron chi connectivity index (χ3n) is 2.28. The lowest BCUT2D eigenvalue weighted by atomic mass is 10.3. The maximum Gasteiger partial charge on any atom is 0.274 e. The lowest BCUT2D eigenvalue weighted by Gasteiger charge is -2.08. The number of anilines is 2. The van der Waals surface area contributed by atoms with E-state index in [1.54, 1.807) is 6.92 Å². The van der Waals surface area contributed by atoms with Crippen molar-refractivity contribution in [2.75, 3.05) is 10.5 Å². The number of nitrogens with two attached hydrogens (primary N) is 1. The molecule has 0 saturated heterocycles. The Labute approximate surface area is 121 Å². The fourth-order valence-electron chi connectivity index (χ4n) is 1.49. The molecule has 2 aromatic rings. The number of nitrogens with zero attached hydrogens (tertiary/aromatic N) is 3. The predicted molar refractivity (Wildman–Crippen MR) is 72.9 cm³/mol. The number of nitrogen functional groups attached to an aromatic ring is 1. The quantitative estimate of drug-likeness (QED) is 0.487. The van der Waals surface area contributed by atoms with Gasteiger partial charge >= 0.3 is 0 Å². The SMILES string of the molecule is Cc1nnc(NS(=O)(=O)c2c(N)cc([N+](=O)[O-])cc2F)s1. The summed E-state index contributed by atoms with van der Waals surface area (Å²) in [4.78, 5) is 8.81. The summed E-state index contributed by atoms with van der Waals surface area (Å²) < 4.78 is 40.0. The topological polar surface area (TPSA) is 141 Å². The number of rotatable bonds is 4. The third kappa shape index (κ3) is 3.05. The molecule has 12 heteroatoms. The van der Waals surface area contributed by atoms with E-state index < -0.39 is 37.0 Å². The average molecular weight is 333 g/mol. The molecule has 0 aliphatic rings. The highest BCUT2D eigenvalue weighted by atomic mass is 32.2. The molecule has 2 rings (SSSR count). The van der Waals surface area contributed by atoms with Gasteiger partial charge in [-0.2, -0.15) is 0 Å². The van der Waals surface area contributed by atoms with Crippen molar-refractivity contribution in [1.29, 1.82) is 0 Å². The van der Waals surface area contributed by atoms with Crippen LogP contribution in [0.3, 0.4) is 0 Å². The van der Waals surface area contributed by atoms with E-state index in [0.717, 1.165) is 17.4 Å². The zero-order valence-corrected chi connectivity index (χ0v) is 12.0. The van der Waals surface area contributed by atoms with Crippen LogP contribution in [0.4, 0.5) is 20.9 Å². The van der Waals surface area contributed by atoms with Crippen LogP contribution in [0.1, 0.15) is 5.01 Å². The minimum Gasteiger partial charge on any atom is -0.397 e. The van der Waals surface area contributed by atoms with Gasteiger partial charge in [0.25, 0.3) is 15.7 Å². The summed E-state index contributed by atoms with van der Waals surface area (Å²) in [7, 11) is -4.37. The molecular weight excluding hydrogens is 325 g/mol. The van der Waals surface area contributed by atoms with Gasteiger partial charge in [0.05, 0.1) is 16.7 Å². The zero-order chi connectivity index (χ0) is 15.8. The summed E-state index contributed by atoms with van der Waals surface area (Å²) in [6, 6.07) is 1.25. The van der Waals surface area contributed by atoms with Crippen molar-refractivity contribution in [3.8, 4) is 0 Å². The Kier molecular flexibility index (Phi) is 3.74. The molecular formula is C9H8FN5O4S2. The van der Waals surface area contributed by atoms with Crippen LogP contribution in [0.25, 0.3) is 0 Å². The Balaban J connectivity index is 2.47. The van der Waals surface area contributed by atoms with Gasteiger partial charge in [-0.05, 0) is 6.92 Å². The monoisotopic (exact) mass is 333 g/mol. The molecule has 0 amide bonds. The fourth-order valence-corrected chi connectivity index (χ4v) is 3.49. The maximum absolute atomic E-state index is 13.8. The summed E-state index contributed by atoms with van der Waals surface area (Å²) in [5.41, 5.74) is 4.19. The number of nitro groups is 1. The highest BCUT2D eigenvalue weighted by Gasteiger charge is 2.26. The van der Waals surface area contributed by atoms with E-state index in [9.17, 15) is 22.9 Å². The number of nitro benzene ring substituents is 1. The molecule has 0 unspecified atom stereocenters. The lowest BCUT2D eigenvalue weighted by molar-refractivity contribution is -0.385. The van der Waals surface area contributed by atoms with Gasteiger partial charge in [-0.3, -0.25) is 14.8 Å². The Hall–Kier alpha value is -2.34. The van der Waals surface area contributed by atoms with Crippen molar-refractivity contribution in [2.45, 2.75) is 11.8 Å². The molecule has 21 heavy (non-hydrogen) atoms. The molecule has 3 N–H and O–H groups in total. The van der Waals surface area contributed by atoms with E-state index in [1.807, 2.05) is 4.72 Å². The summed E-state index contributed by atoms with van der Waals surface area (Å²) in [6.45, 7) is 1.61. The molecule has 0 fully saturated rings. The van der Waals surface area contributed by atoms with E-state index in [2.05, 4.69) is 10.2 Å². The van der Waals surface area contributed by atoms with Gasteiger partial charge in [-0.25, -0.2) is 12.8 Å². The summed E-state index contributed by atoms with van der Waals surface area (Å²) >= 11 is 0.945. The van der Waals surface area contributed by atoms with E-state index in [1.165, 1.54) is 0 Å². The van der Waals surface area contributed by atoms with Crippen LogP contribution < -0.4 is 10.5 Å². The number of nitrogens with one attached hydrogen (secondary N) is 1. The van der Waals surface area contributed by atoms with Crippen LogP contribution in [0.5, 0.6) is 0 Å². The van der Waals surface area contributed by atoms with E-state index in [4.69, 9.17) is 5.73 Å². The maximum atomic E-state index is 13.8. The van der Waals surface area contributed by atoms with Crippen LogP contribution in [0.2, 0.25) is 0 Å². The van der Waals surface area contributed by atoms with E-state index >= 15 is 0 Å². The smallest absolute Gasteiger partial charge is 0.274 e. The third-order valence-corrected chi connectivity index (χ3v) is 4.60. The molecule has 1 aromatic heterocycles. The minimum absolute atomic E-state index is 0.0651. The van der Waals surface area contributed by atoms with Crippen LogP contribution >= 0.6 is 11.3 Å². The number of halogens is 1. The first kappa shape index (κ1) is 15.1. The number of aromatic nitrogens is 2. The molecule has 0 atom stereocenters. The van der Waals surface area contributed by atoms with Gasteiger partial charge in [0.1, 0.15) is 9.90 Å². The Bertz CT molecular complexity index is 796. The molecule has 0 spiro atoms. The molecule has 0 radical (unpaired) electrons. The Morgan fingerprint density at radius 1 is 1.43 bits per heavy atom. The molecule has 0 aliphatic carbocycles. The van der Waals surface area contributed by atoms with Gasteiger partial charge in [-0.1, -0.05) is 11.3 Å². The molecule has 9 nitrogen and oxygen atoms in total. The zero-order valence-electron chi connectivity index (χ0n) is 10.4. The predicted octanol–water partition coefficient (Wildman–Crippen LogP) is 1.28. The van der Waals surface area contributed by atoms with E-state index in [0.29, 0.717) is 11.1 Å². The first-order chi connectivity index (χ1) is 9.70. The highest BCUT2D eigenvalue weighted by molar-refractivity contribution is 7.93. The molecule has 1 heterocycles. The summed E-state index contributed by atoms with van der Waals surface area (Å²) in [6.07, 6.45) is 0. The largest absolute Gasteiger partial charge is 0.397 e. The van der Waals surface area contributed by atoms with E-state index in [-0.39, 0.29) is 5.13 Å². The van der Waals surface area contributed by atoms with Crippen LogP contribution in [-0.4, -0.2) is 23.5 Å². The fraction of sp³-hybridized carbons (Fsp3) is 0.111. The van der Waals surface area contributed by atoms with Crippen molar-refractivity contribution in [3.63, 3.8) is 0 Å². The Morgan fingerprint density at radius 2 is 2.10 bits per heavy atom. The number of benzene rings is 1. The van der Waals surface area contributed by atoms with Crippen molar-refractivity contribution < 1.29 is 17.7 Å². The van der Waals surface area contributed by atoms with Gasteiger partial charge in [0, 0.05) is 6.07 Å². The van der Waals surface area contributed by atoms with Crippen LogP contribution in [0.15, 0.2) is 17.0 Å². The second kappa shape index (κ2) is 5.21. The Morgan fingerprint density at radius 3 is 2.57 bits per heavy atom. The number of hydrogen-bond acceptors (Lipinski definition) is 8. The highest BCUT2D eigenvalue weighted by Crippen LogP contribution is 2.29. The second-order valence-electron chi connectivity index (χ2n) is 3.83. The summed E-state index contributed by atoms with van der Waals surface area (Å²) in [5.74, 6) is -1.32. The van der Waals surface area contributed by atoms with Gasteiger partial charge in [0.2, 0.25) is 5.13 Å². The number of hydrogen-bond donors (Lipinski definition) is 2. The molecule has 0 aliphatic heterocycles. The standard InChI is InChI=1S/C9H8FN5O4S2/c1-4-12-13-9(20-4)14-21(18,19)8-6(10)2-5(15(16)17)3-7(8)11/h2-3H,11H2,1H3,(H,13,14). The molecule has 0 saturated carbocycles. The first-order valence-corrected chi connectivity index (χ1v) is 7.57. The second-order valence-corrected chi connectivity index (χ2v) is 6.64. The minimum atomic E-state index is -4.37. The number of non-ortho nitro benzene ring substituents is 1. The number of sulfonamides is 1. The van der Waals surface area contributed by atoms with Crippen molar-refractivity contribution in [2.24, 2.45) is 0 Å². The first-order valence-electron chi connectivity index (χ1n) is 5.27. The lowest BCUT2D eigenvalue weighted by Crippen LogP contribution is -2.16. The average Bonchev–Trinajstić information content (AvgIpc) is 2.72. The van der Waals surface area contributed by atoms with Crippen LogP contribution in [-0.2, 0) is 10.0 Å². The molecule has 112 valence electrons. The number of aryl methyl sites for hydroxylation is 1.